The Balaban J connectivity index is 1.45. The van der Waals surface area contributed by atoms with Crippen LogP contribution in [-0.2, 0) is 9.59 Å². The molecule has 2 fully saturated rings. The Bertz CT molecular complexity index is 926. The van der Waals surface area contributed by atoms with Crippen molar-refractivity contribution in [3.63, 3.8) is 0 Å². The van der Waals surface area contributed by atoms with Crippen LogP contribution in [0.2, 0.25) is 10.0 Å². The number of hydrogen-bond acceptors (Lipinski definition) is 3. The first-order valence-electron chi connectivity index (χ1n) is 9.42. The van der Waals surface area contributed by atoms with Crippen LogP contribution in [0.15, 0.2) is 42.5 Å². The van der Waals surface area contributed by atoms with Gasteiger partial charge in [0, 0.05) is 15.7 Å². The zero-order valence-corrected chi connectivity index (χ0v) is 17.1. The number of carbonyl (C=O) groups excluding carboxylic acids is 2. The molecule has 2 aliphatic heterocycles. The summed E-state index contributed by atoms with van der Waals surface area (Å²) in [6.45, 7) is 5.15. The molecule has 0 bridgehead atoms. The summed E-state index contributed by atoms with van der Waals surface area (Å²) < 4.78 is 0. The molecule has 2 aromatic rings. The van der Waals surface area contributed by atoms with E-state index in [9.17, 15) is 9.59 Å². The Hall–Kier alpha value is -2.08. The number of nitrogens with zero attached hydrogens (tertiary/aromatic N) is 2. The summed E-state index contributed by atoms with van der Waals surface area (Å²) in [7, 11) is 0. The lowest BCUT2D eigenvalue weighted by Crippen LogP contribution is -3.19. The van der Waals surface area contributed by atoms with E-state index < -0.39 is 0 Å². The van der Waals surface area contributed by atoms with Gasteiger partial charge in [0.25, 0.3) is 5.91 Å². The lowest BCUT2D eigenvalue weighted by atomic mass is 10.1. The number of amides is 2. The van der Waals surface area contributed by atoms with Gasteiger partial charge < -0.3 is 9.80 Å². The molecular formula is C21H22Cl2N3O2+. The van der Waals surface area contributed by atoms with Crippen molar-refractivity contribution in [1.82, 2.24) is 0 Å². The summed E-state index contributed by atoms with van der Waals surface area (Å²) in [6.07, 6.45) is 0.247. The van der Waals surface area contributed by atoms with E-state index in [1.807, 2.05) is 37.3 Å². The van der Waals surface area contributed by atoms with Crippen LogP contribution in [0.3, 0.4) is 0 Å². The average Bonchev–Trinajstić information content (AvgIpc) is 2.98. The highest BCUT2D eigenvalue weighted by Gasteiger charge is 2.46. The van der Waals surface area contributed by atoms with Crippen LogP contribution in [0.25, 0.3) is 0 Å². The molecule has 5 nitrogen and oxygen atoms in total. The molecule has 28 heavy (non-hydrogen) atoms. The van der Waals surface area contributed by atoms with E-state index in [1.165, 1.54) is 4.90 Å². The number of carbonyl (C=O) groups is 2. The van der Waals surface area contributed by atoms with E-state index in [-0.39, 0.29) is 24.3 Å². The predicted octanol–water partition coefficient (Wildman–Crippen LogP) is 2.34. The van der Waals surface area contributed by atoms with E-state index in [2.05, 4.69) is 4.90 Å². The van der Waals surface area contributed by atoms with Gasteiger partial charge in [0.15, 0.2) is 6.04 Å². The van der Waals surface area contributed by atoms with Gasteiger partial charge in [-0.3, -0.25) is 9.59 Å². The van der Waals surface area contributed by atoms with Gasteiger partial charge in [-0.15, -0.1) is 0 Å². The third-order valence-corrected chi connectivity index (χ3v) is 6.27. The Morgan fingerprint density at radius 1 is 1.00 bits per heavy atom. The SMILES string of the molecule is Cc1ccc(N2C(=O)C[C@H]([NH+]3CCN(c4cccc(Cl)c4)CC3)C2=O)cc1Cl. The summed E-state index contributed by atoms with van der Waals surface area (Å²) in [5, 5.41) is 1.28. The molecule has 2 aliphatic rings. The van der Waals surface area contributed by atoms with Crippen molar-refractivity contribution in [3.8, 4) is 0 Å². The number of hydrogen-bond donors (Lipinski definition) is 1. The number of imide groups is 1. The molecular weight excluding hydrogens is 397 g/mol. The maximum atomic E-state index is 13.0. The molecule has 0 unspecified atom stereocenters. The topological polar surface area (TPSA) is 45.1 Å². The third-order valence-electron chi connectivity index (χ3n) is 5.63. The highest BCUT2D eigenvalue weighted by molar-refractivity contribution is 6.32. The van der Waals surface area contributed by atoms with Crippen LogP contribution in [0.4, 0.5) is 11.4 Å². The summed E-state index contributed by atoms with van der Waals surface area (Å²) in [5.74, 6) is -0.282. The summed E-state index contributed by atoms with van der Waals surface area (Å²) in [4.78, 5) is 30.3. The Kier molecular flexibility index (Phi) is 5.32. The predicted molar refractivity (Wildman–Crippen MR) is 111 cm³/mol. The zero-order chi connectivity index (χ0) is 19.8. The number of nitrogens with one attached hydrogen (secondary N) is 1. The second-order valence-corrected chi connectivity index (χ2v) is 8.23. The maximum absolute atomic E-state index is 13.0. The van der Waals surface area contributed by atoms with Gasteiger partial charge in [-0.05, 0) is 42.8 Å². The van der Waals surface area contributed by atoms with Crippen molar-refractivity contribution in [1.29, 1.82) is 0 Å². The summed E-state index contributed by atoms with van der Waals surface area (Å²) in [6, 6.07) is 12.8. The van der Waals surface area contributed by atoms with Crippen molar-refractivity contribution in [2.45, 2.75) is 19.4 Å². The number of aryl methyl sites for hydroxylation is 1. The van der Waals surface area contributed by atoms with Gasteiger partial charge in [-0.1, -0.05) is 35.3 Å². The molecule has 1 atom stereocenters. The van der Waals surface area contributed by atoms with Crippen LogP contribution in [0, 0.1) is 6.92 Å². The van der Waals surface area contributed by atoms with Crippen LogP contribution in [0.5, 0.6) is 0 Å². The van der Waals surface area contributed by atoms with E-state index >= 15 is 0 Å². The van der Waals surface area contributed by atoms with Crippen LogP contribution in [-0.4, -0.2) is 44.0 Å². The molecule has 0 radical (unpaired) electrons. The third kappa shape index (κ3) is 3.62. The summed E-state index contributed by atoms with van der Waals surface area (Å²) in [5.41, 5.74) is 2.57. The fourth-order valence-corrected chi connectivity index (χ4v) is 4.38. The second-order valence-electron chi connectivity index (χ2n) is 7.38. The van der Waals surface area contributed by atoms with E-state index in [0.717, 1.165) is 47.4 Å². The van der Waals surface area contributed by atoms with Gasteiger partial charge in [0.2, 0.25) is 5.91 Å². The van der Waals surface area contributed by atoms with E-state index in [1.54, 1.807) is 12.1 Å². The molecule has 0 spiro atoms. The quantitative estimate of drug-likeness (QED) is 0.777. The largest absolute Gasteiger partial charge is 0.360 e. The summed E-state index contributed by atoms with van der Waals surface area (Å²) >= 11 is 12.3. The van der Waals surface area contributed by atoms with Gasteiger partial charge >= 0.3 is 0 Å². The minimum Gasteiger partial charge on any atom is -0.360 e. The normalized spacial score (nSPS) is 20.9. The Labute approximate surface area is 174 Å². The molecule has 2 aromatic carbocycles. The molecule has 7 heteroatoms. The number of benzene rings is 2. The molecule has 2 heterocycles. The average molecular weight is 419 g/mol. The molecule has 2 saturated heterocycles. The molecule has 4 rings (SSSR count). The Morgan fingerprint density at radius 3 is 2.43 bits per heavy atom. The van der Waals surface area contributed by atoms with Crippen LogP contribution < -0.4 is 14.7 Å². The zero-order valence-electron chi connectivity index (χ0n) is 15.6. The van der Waals surface area contributed by atoms with E-state index in [4.69, 9.17) is 23.2 Å². The smallest absolute Gasteiger partial charge is 0.292 e. The molecule has 146 valence electrons. The fraction of sp³-hybridized carbons (Fsp3) is 0.333. The first-order chi connectivity index (χ1) is 13.4. The van der Waals surface area contributed by atoms with Gasteiger partial charge in [0.1, 0.15) is 0 Å². The second kappa shape index (κ2) is 7.74. The van der Waals surface area contributed by atoms with Crippen LogP contribution >= 0.6 is 23.2 Å². The number of quaternary nitrogens is 1. The minimum atomic E-state index is -0.325. The minimum absolute atomic E-state index is 0.129. The number of piperazine rings is 1. The van der Waals surface area contributed by atoms with Crippen molar-refractivity contribution >= 4 is 46.4 Å². The van der Waals surface area contributed by atoms with Crippen LogP contribution in [0.1, 0.15) is 12.0 Å². The highest BCUT2D eigenvalue weighted by atomic mass is 35.5. The van der Waals surface area contributed by atoms with Crippen molar-refractivity contribution in [2.24, 2.45) is 0 Å². The maximum Gasteiger partial charge on any atom is 0.292 e. The van der Waals surface area contributed by atoms with Crippen molar-refractivity contribution < 1.29 is 14.5 Å². The standard InChI is InChI=1S/C21H21Cl2N3O2/c1-14-5-6-17(12-18(14)23)26-20(27)13-19(21(26)28)25-9-7-24(8-10-25)16-4-2-3-15(22)11-16/h2-6,11-12,19H,7-10,13H2,1H3/p+1/t19-/m0/s1. The highest BCUT2D eigenvalue weighted by Crippen LogP contribution is 2.27. The molecule has 1 N–H and O–H groups in total. The van der Waals surface area contributed by atoms with Gasteiger partial charge in [-0.25, -0.2) is 4.90 Å². The number of rotatable bonds is 3. The first-order valence-corrected chi connectivity index (χ1v) is 10.2. The molecule has 0 aliphatic carbocycles. The number of anilines is 2. The van der Waals surface area contributed by atoms with Gasteiger partial charge in [-0.2, -0.15) is 0 Å². The first kappa shape index (κ1) is 19.2. The number of halogens is 2. The van der Waals surface area contributed by atoms with Gasteiger partial charge in [0.05, 0.1) is 38.3 Å². The van der Waals surface area contributed by atoms with E-state index in [0.29, 0.717) is 10.7 Å². The molecule has 2 amide bonds. The van der Waals surface area contributed by atoms with Crippen molar-refractivity contribution in [2.75, 3.05) is 36.0 Å². The Morgan fingerprint density at radius 2 is 1.75 bits per heavy atom. The lowest BCUT2D eigenvalue weighted by Gasteiger charge is -2.35. The lowest BCUT2D eigenvalue weighted by molar-refractivity contribution is -0.915. The van der Waals surface area contributed by atoms with Crippen molar-refractivity contribution in [3.05, 3.63) is 58.1 Å². The fourth-order valence-electron chi connectivity index (χ4n) is 4.02. The monoisotopic (exact) mass is 418 g/mol. The molecule has 0 saturated carbocycles. The molecule has 0 aromatic heterocycles.